The molecule has 0 saturated carbocycles. The summed E-state index contributed by atoms with van der Waals surface area (Å²) in [7, 11) is 0. The summed E-state index contributed by atoms with van der Waals surface area (Å²) in [5, 5.41) is 12.2. The average molecular weight is 1250 g/mol. The molecule has 0 N–H and O–H groups in total. The van der Waals surface area contributed by atoms with Crippen LogP contribution in [-0.4, -0.2) is 29.5 Å². The van der Waals surface area contributed by atoms with E-state index in [0.29, 0.717) is 0 Å². The van der Waals surface area contributed by atoms with Gasteiger partial charge in [0.1, 0.15) is 0 Å². The molecule has 22 rings (SSSR count). The van der Waals surface area contributed by atoms with E-state index < -0.39 is 0 Å². The van der Waals surface area contributed by atoms with Crippen molar-refractivity contribution >= 4 is 166 Å². The molecule has 0 saturated heterocycles. The highest BCUT2D eigenvalue weighted by Gasteiger charge is 2.45. The Hall–Kier alpha value is -13.0. The van der Waals surface area contributed by atoms with Crippen LogP contribution >= 0.6 is 0 Å². The number of nitrogens with zero attached hydrogens (tertiary/aromatic N) is 7. The van der Waals surface area contributed by atoms with Crippen molar-refractivity contribution in [2.75, 3.05) is 9.80 Å². The first kappa shape index (κ1) is 53.3. The molecule has 2 aliphatic heterocycles. The lowest BCUT2D eigenvalue weighted by Gasteiger charge is -2.44. The lowest BCUT2D eigenvalue weighted by atomic mass is 9.33. The van der Waals surface area contributed by atoms with E-state index in [9.17, 15) is 0 Å². The number of para-hydroxylation sites is 10. The van der Waals surface area contributed by atoms with Crippen LogP contribution in [0.15, 0.2) is 340 Å². The molecule has 2 aliphatic rings. The van der Waals surface area contributed by atoms with Crippen LogP contribution in [0.3, 0.4) is 0 Å². The van der Waals surface area contributed by atoms with Crippen molar-refractivity contribution in [3.63, 3.8) is 0 Å². The van der Waals surface area contributed by atoms with Gasteiger partial charge in [0.2, 0.25) is 0 Å². The SMILES string of the molecule is c1ccc(-n2c3ccccc3c3ccc(N4c5cc(-n6c7ccccc7c7ccccc76)ccc5B5c6ccc(-n7c8ccccc8c8ccccc87)cc6N(c6ccc7c8ccccc8n(-c8ccccc8)c7c6)c6cc(-n7c8ccccc8c8ccccc87)cc4c65)cc32)cc1. The minimum atomic E-state index is -0.219. The Balaban J connectivity index is 0.900. The van der Waals surface area contributed by atoms with Crippen LogP contribution in [0.25, 0.3) is 137 Å². The van der Waals surface area contributed by atoms with Gasteiger partial charge in [-0.2, -0.15) is 0 Å². The van der Waals surface area contributed by atoms with Gasteiger partial charge in [0.15, 0.2) is 0 Å². The third kappa shape index (κ3) is 7.37. The van der Waals surface area contributed by atoms with E-state index >= 15 is 0 Å². The summed E-state index contributed by atoms with van der Waals surface area (Å²) in [6, 6.07) is 127. The second-order valence-corrected chi connectivity index (χ2v) is 26.4. The lowest BCUT2D eigenvalue weighted by Crippen LogP contribution is -2.61. The molecule has 98 heavy (non-hydrogen) atoms. The fourth-order valence-electron chi connectivity index (χ4n) is 17.4. The second-order valence-electron chi connectivity index (χ2n) is 26.4. The molecule has 8 heteroatoms. The van der Waals surface area contributed by atoms with E-state index in [-0.39, 0.29) is 6.71 Å². The molecular formula is C90H56BN7. The van der Waals surface area contributed by atoms with Crippen molar-refractivity contribution in [2.45, 2.75) is 0 Å². The van der Waals surface area contributed by atoms with Crippen molar-refractivity contribution in [2.24, 2.45) is 0 Å². The molecule has 0 fully saturated rings. The lowest BCUT2D eigenvalue weighted by molar-refractivity contribution is 1.14. The first-order chi connectivity index (χ1) is 48.7. The minimum absolute atomic E-state index is 0.219. The number of aromatic nitrogens is 5. The Labute approximate surface area is 563 Å². The smallest absolute Gasteiger partial charge is 0.252 e. The molecule has 0 bridgehead atoms. The number of fused-ring (bicyclic) bond motifs is 19. The van der Waals surface area contributed by atoms with Crippen molar-refractivity contribution in [1.29, 1.82) is 0 Å². The number of hydrogen-bond donors (Lipinski definition) is 0. The van der Waals surface area contributed by atoms with E-state index in [1.165, 1.54) is 103 Å². The molecule has 0 spiro atoms. The fraction of sp³-hybridized carbons (Fsp3) is 0. The Bertz CT molecular complexity index is 6270. The number of hydrogen-bond acceptors (Lipinski definition) is 2. The summed E-state index contributed by atoms with van der Waals surface area (Å²) in [4.78, 5) is 5.25. The standard InChI is InChI=1S/C90H56BN7/c1-3-23-57(24-4-1)92-76-35-15-13-33-70(76)72-47-43-59(51-84(72)92)96-86-53-61(94-78-37-17-7-27-64(78)65-28-8-18-38-79(65)94)45-49-74(86)91-75-50-46-62(95-80-39-19-9-29-66(80)67-30-10-20-40-81(67)95)54-87(75)97(60-44-48-73-71-34-14-16-36-77(71)93(85(73)52-60)58-25-5-2-6-26-58)89-56-63(55-88(96)90(89)91)98-82-41-21-11-31-68(82)69-32-12-22-42-83(69)98/h1-56H. The van der Waals surface area contributed by atoms with E-state index in [1.54, 1.807) is 0 Å². The Morgan fingerprint density at radius 1 is 0.163 bits per heavy atom. The molecule has 0 unspecified atom stereocenters. The summed E-state index contributed by atoms with van der Waals surface area (Å²) in [6.45, 7) is -0.219. The van der Waals surface area contributed by atoms with Gasteiger partial charge in [-0.15, -0.1) is 0 Å². The zero-order chi connectivity index (χ0) is 63.8. The van der Waals surface area contributed by atoms with Crippen molar-refractivity contribution < 1.29 is 0 Å². The Kier molecular flexibility index (Phi) is 11.0. The van der Waals surface area contributed by atoms with Gasteiger partial charge in [0.05, 0.1) is 60.9 Å². The molecule has 7 nitrogen and oxygen atoms in total. The maximum atomic E-state index is 2.62. The zero-order valence-corrected chi connectivity index (χ0v) is 53.0. The van der Waals surface area contributed by atoms with Crippen LogP contribution < -0.4 is 26.2 Å². The average Bonchev–Trinajstić information content (AvgIpc) is 0.745. The van der Waals surface area contributed by atoms with Gasteiger partial charge in [-0.3, -0.25) is 0 Å². The molecule has 454 valence electrons. The highest BCUT2D eigenvalue weighted by atomic mass is 15.2. The van der Waals surface area contributed by atoms with Gasteiger partial charge in [0.25, 0.3) is 6.71 Å². The molecule has 0 radical (unpaired) electrons. The largest absolute Gasteiger partial charge is 0.311 e. The van der Waals surface area contributed by atoms with Crippen LogP contribution in [0, 0.1) is 0 Å². The molecule has 5 aromatic heterocycles. The predicted molar refractivity (Wildman–Crippen MR) is 412 cm³/mol. The number of rotatable bonds is 7. The predicted octanol–water partition coefficient (Wildman–Crippen LogP) is 21.3. The highest BCUT2D eigenvalue weighted by molar-refractivity contribution is 7.00. The van der Waals surface area contributed by atoms with Gasteiger partial charge < -0.3 is 32.6 Å². The Morgan fingerprint density at radius 3 is 0.724 bits per heavy atom. The first-order valence-corrected chi connectivity index (χ1v) is 33.9. The second kappa shape index (κ2) is 20.2. The molecule has 0 atom stereocenters. The summed E-state index contributed by atoms with van der Waals surface area (Å²) in [5.41, 5.74) is 27.3. The molecule has 0 amide bonds. The molecule has 7 heterocycles. The van der Waals surface area contributed by atoms with Gasteiger partial charge in [-0.25, -0.2) is 0 Å². The fourth-order valence-corrected chi connectivity index (χ4v) is 17.4. The molecule has 20 aromatic rings. The minimum Gasteiger partial charge on any atom is -0.311 e. The topological polar surface area (TPSA) is 31.1 Å². The van der Waals surface area contributed by atoms with Gasteiger partial charge in [0, 0.05) is 111 Å². The van der Waals surface area contributed by atoms with Gasteiger partial charge in [-0.1, -0.05) is 206 Å². The number of benzene rings is 15. The van der Waals surface area contributed by atoms with Crippen molar-refractivity contribution in [1.82, 2.24) is 22.8 Å². The summed E-state index contributed by atoms with van der Waals surface area (Å²) >= 11 is 0. The quantitative estimate of drug-likeness (QED) is 0.149. The summed E-state index contributed by atoms with van der Waals surface area (Å²) in [6.07, 6.45) is 0. The Morgan fingerprint density at radius 2 is 0.408 bits per heavy atom. The zero-order valence-electron chi connectivity index (χ0n) is 53.0. The maximum Gasteiger partial charge on any atom is 0.252 e. The maximum absolute atomic E-state index is 2.62. The van der Waals surface area contributed by atoms with Crippen molar-refractivity contribution in [3.8, 4) is 28.4 Å². The summed E-state index contributed by atoms with van der Waals surface area (Å²) in [5.74, 6) is 0. The molecule has 0 aliphatic carbocycles. The van der Waals surface area contributed by atoms with Crippen LogP contribution in [0.5, 0.6) is 0 Å². The van der Waals surface area contributed by atoms with E-state index in [2.05, 4.69) is 372 Å². The first-order valence-electron chi connectivity index (χ1n) is 33.9. The van der Waals surface area contributed by atoms with Crippen LogP contribution in [-0.2, 0) is 0 Å². The van der Waals surface area contributed by atoms with E-state index in [4.69, 9.17) is 0 Å². The van der Waals surface area contributed by atoms with Crippen LogP contribution in [0.1, 0.15) is 0 Å². The van der Waals surface area contributed by atoms with Gasteiger partial charge >= 0.3 is 0 Å². The van der Waals surface area contributed by atoms with E-state index in [1.807, 2.05) is 0 Å². The normalized spacial score (nSPS) is 12.8. The third-order valence-electron chi connectivity index (χ3n) is 21.4. The van der Waals surface area contributed by atoms with Crippen LogP contribution in [0.4, 0.5) is 34.1 Å². The van der Waals surface area contributed by atoms with Crippen LogP contribution in [0.2, 0.25) is 0 Å². The van der Waals surface area contributed by atoms with E-state index in [0.717, 1.165) is 84.6 Å². The third-order valence-corrected chi connectivity index (χ3v) is 21.4. The molecule has 15 aromatic carbocycles. The number of anilines is 6. The monoisotopic (exact) mass is 1250 g/mol. The molecular weight excluding hydrogens is 1190 g/mol. The van der Waals surface area contributed by atoms with Crippen molar-refractivity contribution in [3.05, 3.63) is 340 Å². The highest BCUT2D eigenvalue weighted by Crippen LogP contribution is 2.50. The van der Waals surface area contributed by atoms with Gasteiger partial charge in [-0.05, 0) is 150 Å². The summed E-state index contributed by atoms with van der Waals surface area (Å²) < 4.78 is 12.4.